The molecular weight excluding hydrogens is 807 g/mol. The first-order valence-electron chi connectivity index (χ1n) is 20.4. The van der Waals surface area contributed by atoms with Gasteiger partial charge >= 0.3 is 0 Å². The Morgan fingerprint density at radius 2 is 1.17 bits per heavy atom. The van der Waals surface area contributed by atoms with Crippen LogP contribution in [0.1, 0.15) is 55.0 Å². The summed E-state index contributed by atoms with van der Waals surface area (Å²) in [5, 5.41) is 41.9. The summed E-state index contributed by atoms with van der Waals surface area (Å²) in [5.41, 5.74) is 16.4. The highest BCUT2D eigenvalue weighted by atomic mass is 16.2. The quantitative estimate of drug-likeness (QED) is 0.0474. The van der Waals surface area contributed by atoms with E-state index < -0.39 is 0 Å². The average molecular weight is 858 g/mol. The zero-order valence-corrected chi connectivity index (χ0v) is 36.1. The minimum absolute atomic E-state index is 0.0890. The van der Waals surface area contributed by atoms with Gasteiger partial charge in [-0.25, -0.2) is 17.5 Å². The van der Waals surface area contributed by atoms with Gasteiger partial charge in [0.2, 0.25) is 0 Å². The maximum Gasteiger partial charge on any atom is 0.254 e. The van der Waals surface area contributed by atoms with Gasteiger partial charge in [0.25, 0.3) is 5.91 Å². The van der Waals surface area contributed by atoms with Crippen LogP contribution in [-0.2, 0) is 19.4 Å². The Morgan fingerprint density at radius 1 is 0.656 bits per heavy atom. The summed E-state index contributed by atoms with van der Waals surface area (Å²) in [5.74, 6) is 18.3. The highest BCUT2D eigenvalue weighted by molar-refractivity contribution is 5.98. The smallest absolute Gasteiger partial charge is 0.254 e. The molecule has 0 saturated carbocycles. The first-order chi connectivity index (χ1) is 31.2. The second-order valence-electron chi connectivity index (χ2n) is 14.5. The number of allylic oxidation sites excluding steroid dienone is 2. The summed E-state index contributed by atoms with van der Waals surface area (Å²) in [6, 6.07) is 34.8. The zero-order chi connectivity index (χ0) is 45.3. The summed E-state index contributed by atoms with van der Waals surface area (Å²) in [6.45, 7) is 9.42. The predicted molar refractivity (Wildman–Crippen MR) is 255 cm³/mol. The normalized spacial score (nSPS) is 11.7. The molecule has 0 aliphatic carbocycles. The van der Waals surface area contributed by atoms with Crippen molar-refractivity contribution < 1.29 is 4.79 Å². The molecule has 0 fully saturated rings. The van der Waals surface area contributed by atoms with Crippen molar-refractivity contribution in [2.24, 2.45) is 22.6 Å². The monoisotopic (exact) mass is 857 g/mol. The van der Waals surface area contributed by atoms with Gasteiger partial charge in [0.15, 0.2) is 23.3 Å². The molecule has 10 N–H and O–H groups in total. The van der Waals surface area contributed by atoms with Crippen molar-refractivity contribution in [2.75, 3.05) is 28.2 Å². The molecule has 1 amide bonds. The molecule has 18 nitrogen and oxygen atoms in total. The first-order valence-corrected chi connectivity index (χ1v) is 20.4. The van der Waals surface area contributed by atoms with Crippen molar-refractivity contribution in [3.63, 3.8) is 0 Å². The van der Waals surface area contributed by atoms with Crippen LogP contribution in [0.3, 0.4) is 0 Å². The minimum atomic E-state index is 0.0890. The van der Waals surface area contributed by atoms with Gasteiger partial charge in [-0.1, -0.05) is 103 Å². The molecule has 326 valence electrons. The van der Waals surface area contributed by atoms with E-state index >= 15 is 0 Å². The number of nitrogen functional groups attached to an aromatic ring is 3. The number of nitrogens with one attached hydrogen (secondary N) is 4. The number of nitrogens with two attached hydrogens (primary N) is 3. The molecule has 4 aromatic heterocycles. The van der Waals surface area contributed by atoms with Gasteiger partial charge in [0.1, 0.15) is 0 Å². The van der Waals surface area contributed by atoms with Crippen LogP contribution < -0.4 is 39.2 Å². The lowest BCUT2D eigenvalue weighted by Crippen LogP contribution is -2.36. The van der Waals surface area contributed by atoms with Crippen molar-refractivity contribution in [3.05, 3.63) is 156 Å². The Bertz CT molecular complexity index is 2810. The molecule has 0 spiro atoms. The number of benzene rings is 4. The number of nitrogens with zero attached hydrogens (tertiary/aromatic N) is 10. The molecule has 4 aromatic carbocycles. The number of hydrogen-bond donors (Lipinski definition) is 7. The third-order valence-electron chi connectivity index (χ3n) is 9.73. The van der Waals surface area contributed by atoms with Crippen molar-refractivity contribution in [2.45, 2.75) is 47.1 Å². The van der Waals surface area contributed by atoms with Crippen LogP contribution in [0, 0.1) is 0 Å². The Morgan fingerprint density at radius 3 is 1.73 bits per heavy atom. The predicted octanol–water partition coefficient (Wildman–Crippen LogP) is 6.74. The fourth-order valence-electron chi connectivity index (χ4n) is 6.64. The number of aromatic nitrogens is 8. The molecule has 18 heteroatoms. The van der Waals surface area contributed by atoms with Crippen LogP contribution in [0.5, 0.6) is 0 Å². The number of amides is 1. The molecule has 0 bridgehead atoms. The van der Waals surface area contributed by atoms with Gasteiger partial charge in [-0.3, -0.25) is 10.2 Å². The molecule has 0 unspecified atom stereocenters. The third kappa shape index (κ3) is 11.9. The van der Waals surface area contributed by atoms with Crippen LogP contribution in [-0.4, -0.2) is 63.9 Å². The summed E-state index contributed by atoms with van der Waals surface area (Å²) < 4.78 is 0. The largest absolute Gasteiger partial charge is 0.334 e. The Labute approximate surface area is 370 Å². The lowest BCUT2D eigenvalue weighted by atomic mass is 10.0. The topological polar surface area (TPSA) is 262 Å². The van der Waals surface area contributed by atoms with Crippen LogP contribution in [0.4, 0.5) is 23.3 Å². The number of hydrazone groups is 1. The number of fused-ring (bicyclic) bond motifs is 4. The average Bonchev–Trinajstić information content (AvgIpc) is 3.35. The van der Waals surface area contributed by atoms with Crippen LogP contribution in [0.2, 0.25) is 0 Å². The van der Waals surface area contributed by atoms with E-state index in [4.69, 9.17) is 17.5 Å². The van der Waals surface area contributed by atoms with Crippen molar-refractivity contribution in [3.8, 4) is 0 Å². The number of aryl methyl sites for hydroxylation is 1. The Hall–Kier alpha value is -8.06. The third-order valence-corrected chi connectivity index (χ3v) is 9.73. The van der Waals surface area contributed by atoms with E-state index in [2.05, 4.69) is 80.6 Å². The number of rotatable bonds is 8. The zero-order valence-electron chi connectivity index (χ0n) is 36.1. The number of hydrogen-bond acceptors (Lipinski definition) is 17. The van der Waals surface area contributed by atoms with E-state index in [-0.39, 0.29) is 5.91 Å². The molecule has 0 radical (unpaired) electrons. The van der Waals surface area contributed by atoms with Crippen molar-refractivity contribution in [1.82, 2.24) is 45.7 Å². The fourth-order valence-corrected chi connectivity index (χ4v) is 6.64. The molecule has 9 rings (SSSR count). The Kier molecular flexibility index (Phi) is 16.1. The van der Waals surface area contributed by atoms with Crippen LogP contribution >= 0.6 is 0 Å². The van der Waals surface area contributed by atoms with E-state index in [1.807, 2.05) is 135 Å². The summed E-state index contributed by atoms with van der Waals surface area (Å²) in [6.07, 6.45) is 7.10. The lowest BCUT2D eigenvalue weighted by Gasteiger charge is -2.28. The number of carbonyl (C=O) groups is 1. The standard InChI is InChI=1S/C16H17N3O.C14H16N4.C8H10N6.C8H8N4/c1-2-14-10-13-11-19(9-8-15(13)18-17-14)16(20)12-6-4-3-5-7-12;1-10(2)8-11(3)16-18-14-13-7-5-4-6-12(13)9-15-17-14;9-11-7-5-3-1-2-4-6(5)8(12-10)14-13-7;9-11-8-7-4-2-1-3-6(7)5-10-12-8/h3-7,10H,2,8-9,11H2,1H3;4-9H,1-3H3,(H,17,18);1-4H,9-10H2,(H,11,13)(H,12,14);1-5H,9H2,(H,11,12)/b;16-11+;;. The SMILES string of the molecule is CC(C)=C/C(C)=N/Nc1nncc2ccccc12.CCc1cc2c(nn1)CCN(C(=O)c1ccccc1)C2.NNc1nnc(NN)c2ccccc12.NNc1nncc2ccccc12. The molecule has 8 aromatic rings. The van der Waals surface area contributed by atoms with Gasteiger partial charge in [0, 0.05) is 57.4 Å². The number of anilines is 4. The van der Waals surface area contributed by atoms with Gasteiger partial charge in [-0.05, 0) is 57.0 Å². The highest BCUT2D eigenvalue weighted by Gasteiger charge is 2.23. The van der Waals surface area contributed by atoms with E-state index in [9.17, 15) is 4.79 Å². The molecule has 0 saturated heterocycles. The van der Waals surface area contributed by atoms with Crippen molar-refractivity contribution >= 4 is 67.2 Å². The number of hydrazine groups is 3. The van der Waals surface area contributed by atoms with Gasteiger partial charge in [-0.2, -0.15) is 25.5 Å². The maximum absolute atomic E-state index is 12.5. The summed E-state index contributed by atoms with van der Waals surface area (Å²) in [4.78, 5) is 14.3. The lowest BCUT2D eigenvalue weighted by molar-refractivity contribution is 0.0733. The van der Waals surface area contributed by atoms with E-state index in [0.29, 0.717) is 36.4 Å². The van der Waals surface area contributed by atoms with Crippen LogP contribution in [0.15, 0.2) is 138 Å². The molecule has 5 heterocycles. The van der Waals surface area contributed by atoms with Gasteiger partial charge in [0.05, 0.1) is 29.5 Å². The second-order valence-corrected chi connectivity index (χ2v) is 14.5. The second kappa shape index (κ2) is 22.7. The van der Waals surface area contributed by atoms with Gasteiger partial charge < -0.3 is 21.2 Å². The highest BCUT2D eigenvalue weighted by Crippen LogP contribution is 2.25. The molecule has 1 aliphatic rings. The molecular formula is C46H51N17O. The minimum Gasteiger partial charge on any atom is -0.334 e. The molecule has 64 heavy (non-hydrogen) atoms. The van der Waals surface area contributed by atoms with E-state index in [1.54, 1.807) is 12.4 Å². The summed E-state index contributed by atoms with van der Waals surface area (Å²) >= 11 is 0. The maximum atomic E-state index is 12.5. The fraction of sp³-hybridized carbons (Fsp3) is 0.174. The van der Waals surface area contributed by atoms with Crippen LogP contribution in [0.25, 0.3) is 32.3 Å². The van der Waals surface area contributed by atoms with Crippen molar-refractivity contribution in [1.29, 1.82) is 0 Å². The van der Waals surface area contributed by atoms with E-state index in [0.717, 1.165) is 73.4 Å². The first kappa shape index (κ1) is 45.5. The molecule has 1 aliphatic heterocycles. The van der Waals surface area contributed by atoms with E-state index in [1.165, 1.54) is 5.57 Å². The Balaban J connectivity index is 0.000000144. The summed E-state index contributed by atoms with van der Waals surface area (Å²) in [7, 11) is 0. The number of carbonyl (C=O) groups excluding carboxylic acids is 1. The molecule has 0 atom stereocenters. The van der Waals surface area contributed by atoms with Gasteiger partial charge in [-0.15, -0.1) is 20.4 Å².